The maximum Gasteiger partial charge on any atom is 0.337 e. The van der Waals surface area contributed by atoms with Gasteiger partial charge < -0.3 is 4.74 Å². The quantitative estimate of drug-likeness (QED) is 0.626. The summed E-state index contributed by atoms with van der Waals surface area (Å²) in [6.07, 6.45) is 1.28. The Morgan fingerprint density at radius 3 is 2.65 bits per heavy atom. The first kappa shape index (κ1) is 15.1. The van der Waals surface area contributed by atoms with Crippen LogP contribution in [0.3, 0.4) is 0 Å². The fourth-order valence-corrected chi connectivity index (χ4v) is 2.64. The van der Waals surface area contributed by atoms with Crippen LogP contribution in [-0.4, -0.2) is 18.9 Å². The van der Waals surface area contributed by atoms with Crippen LogP contribution in [0.25, 0.3) is 0 Å². The van der Waals surface area contributed by atoms with Crippen molar-refractivity contribution < 1.29 is 14.3 Å². The van der Waals surface area contributed by atoms with E-state index >= 15 is 0 Å². The molecule has 2 aromatic carbocycles. The van der Waals surface area contributed by atoms with E-state index in [2.05, 4.69) is 10.2 Å². The van der Waals surface area contributed by atoms with Gasteiger partial charge in [-0.2, -0.15) is 5.11 Å². The van der Waals surface area contributed by atoms with Gasteiger partial charge in [0.1, 0.15) is 0 Å². The van der Waals surface area contributed by atoms with Gasteiger partial charge in [0, 0.05) is 12.0 Å². The normalized spacial score (nSPS) is 13.4. The van der Waals surface area contributed by atoms with Gasteiger partial charge in [0.2, 0.25) is 0 Å². The molecule has 0 aromatic heterocycles. The lowest BCUT2D eigenvalue weighted by molar-refractivity contribution is 0.0600. The van der Waals surface area contributed by atoms with Crippen molar-refractivity contribution in [1.82, 2.24) is 0 Å². The Labute approximate surface area is 134 Å². The number of azo groups is 1. The molecule has 23 heavy (non-hydrogen) atoms. The van der Waals surface area contributed by atoms with E-state index in [1.54, 1.807) is 24.3 Å². The number of fused-ring (bicyclic) bond motifs is 1. The van der Waals surface area contributed by atoms with Crippen molar-refractivity contribution >= 4 is 23.1 Å². The van der Waals surface area contributed by atoms with Crippen LogP contribution in [0.5, 0.6) is 0 Å². The minimum absolute atomic E-state index is 0.106. The summed E-state index contributed by atoms with van der Waals surface area (Å²) < 4.78 is 4.71. The van der Waals surface area contributed by atoms with Gasteiger partial charge in [-0.05, 0) is 42.7 Å². The van der Waals surface area contributed by atoms with E-state index in [1.807, 2.05) is 19.1 Å². The fraction of sp³-hybridized carbons (Fsp3) is 0.222. The zero-order valence-electron chi connectivity index (χ0n) is 13.0. The fourth-order valence-electron chi connectivity index (χ4n) is 2.64. The van der Waals surface area contributed by atoms with Crippen LogP contribution in [0, 0.1) is 6.92 Å². The summed E-state index contributed by atoms with van der Waals surface area (Å²) in [5, 5.41) is 8.47. The first-order valence-corrected chi connectivity index (χ1v) is 7.36. The summed E-state index contributed by atoms with van der Waals surface area (Å²) in [6.45, 7) is 1.88. The molecule has 0 bridgehead atoms. The predicted octanol–water partition coefficient (Wildman–Crippen LogP) is 4.33. The van der Waals surface area contributed by atoms with Crippen LogP contribution >= 0.6 is 0 Å². The number of carbonyl (C=O) groups is 2. The number of ketones is 1. The molecule has 0 amide bonds. The Hall–Kier alpha value is -2.82. The number of hydrogen-bond donors (Lipinski definition) is 0. The van der Waals surface area contributed by atoms with Crippen LogP contribution in [0.15, 0.2) is 46.6 Å². The first-order chi connectivity index (χ1) is 11.1. The highest BCUT2D eigenvalue weighted by molar-refractivity contribution is 6.04. The van der Waals surface area contributed by atoms with Gasteiger partial charge in [-0.25, -0.2) is 4.79 Å². The summed E-state index contributed by atoms with van der Waals surface area (Å²) in [7, 11) is 1.34. The smallest absolute Gasteiger partial charge is 0.337 e. The summed E-state index contributed by atoms with van der Waals surface area (Å²) in [6, 6.07) is 10.7. The highest BCUT2D eigenvalue weighted by Crippen LogP contribution is 2.32. The molecular weight excluding hydrogens is 292 g/mol. The number of rotatable bonds is 3. The number of methoxy groups -OCH3 is 1. The van der Waals surface area contributed by atoms with Crippen LogP contribution in [0.2, 0.25) is 0 Å². The highest BCUT2D eigenvalue weighted by Gasteiger charge is 2.22. The van der Waals surface area contributed by atoms with Crippen LogP contribution in [-0.2, 0) is 11.2 Å². The second-order valence-corrected chi connectivity index (χ2v) is 5.43. The number of Topliss-reactive ketones (excluding diaryl/α,β-unsaturated/α-hetero) is 1. The summed E-state index contributed by atoms with van der Waals surface area (Å²) in [5.74, 6) is -0.313. The molecule has 0 radical (unpaired) electrons. The van der Waals surface area contributed by atoms with E-state index < -0.39 is 5.97 Å². The van der Waals surface area contributed by atoms with Crippen LogP contribution < -0.4 is 0 Å². The average Bonchev–Trinajstić information content (AvgIpc) is 2.95. The van der Waals surface area contributed by atoms with Crippen LogP contribution in [0.4, 0.5) is 11.4 Å². The molecule has 0 fully saturated rings. The number of carbonyl (C=O) groups excluding carboxylic acids is 2. The lowest BCUT2D eigenvalue weighted by Gasteiger charge is -2.04. The lowest BCUT2D eigenvalue weighted by atomic mass is 10.1. The number of benzene rings is 2. The predicted molar refractivity (Wildman–Crippen MR) is 85.8 cm³/mol. The Kier molecular flexibility index (Phi) is 4.02. The summed E-state index contributed by atoms with van der Waals surface area (Å²) in [5.41, 5.74) is 4.15. The molecule has 0 aliphatic heterocycles. The average molecular weight is 308 g/mol. The number of aryl methyl sites for hydroxylation is 2. The molecule has 0 spiro atoms. The Morgan fingerprint density at radius 1 is 1.09 bits per heavy atom. The van der Waals surface area contributed by atoms with E-state index in [0.717, 1.165) is 17.5 Å². The Morgan fingerprint density at radius 2 is 1.87 bits per heavy atom. The van der Waals surface area contributed by atoms with E-state index in [-0.39, 0.29) is 5.78 Å². The molecule has 1 aliphatic carbocycles. The number of hydrogen-bond acceptors (Lipinski definition) is 5. The van der Waals surface area contributed by atoms with Gasteiger partial charge in [0.25, 0.3) is 0 Å². The molecule has 0 heterocycles. The molecule has 0 N–H and O–H groups in total. The molecule has 116 valence electrons. The van der Waals surface area contributed by atoms with Crippen molar-refractivity contribution in [2.75, 3.05) is 7.11 Å². The largest absolute Gasteiger partial charge is 0.465 e. The van der Waals surface area contributed by atoms with Crippen molar-refractivity contribution in [2.45, 2.75) is 19.8 Å². The van der Waals surface area contributed by atoms with E-state index in [4.69, 9.17) is 4.74 Å². The SMILES string of the molecule is COC(=O)c1ccc(C)c(N=Nc2cccc3c2C(=O)CC3)c1. The van der Waals surface area contributed by atoms with Crippen molar-refractivity contribution in [2.24, 2.45) is 10.2 Å². The van der Waals surface area contributed by atoms with Gasteiger partial charge >= 0.3 is 5.97 Å². The molecule has 0 atom stereocenters. The first-order valence-electron chi connectivity index (χ1n) is 7.36. The third kappa shape index (κ3) is 2.90. The zero-order chi connectivity index (χ0) is 16.4. The third-order valence-electron chi connectivity index (χ3n) is 3.92. The summed E-state index contributed by atoms with van der Waals surface area (Å²) >= 11 is 0. The molecule has 2 aromatic rings. The minimum Gasteiger partial charge on any atom is -0.465 e. The van der Waals surface area contributed by atoms with Crippen molar-refractivity contribution in [1.29, 1.82) is 0 Å². The maximum atomic E-state index is 12.0. The minimum atomic E-state index is -0.419. The molecule has 5 heteroatoms. The van der Waals surface area contributed by atoms with E-state index in [9.17, 15) is 9.59 Å². The molecule has 0 saturated carbocycles. The maximum absolute atomic E-state index is 12.0. The Balaban J connectivity index is 1.97. The second-order valence-electron chi connectivity index (χ2n) is 5.43. The number of ether oxygens (including phenoxy) is 1. The standard InChI is InChI=1S/C18H16N2O3/c1-11-6-7-13(18(22)23-2)10-15(11)20-19-14-5-3-4-12-8-9-16(21)17(12)14/h3-7,10H,8-9H2,1-2H3. The van der Waals surface area contributed by atoms with Gasteiger partial charge in [-0.1, -0.05) is 18.2 Å². The molecule has 0 unspecified atom stereocenters. The van der Waals surface area contributed by atoms with E-state index in [1.165, 1.54) is 7.11 Å². The number of esters is 1. The van der Waals surface area contributed by atoms with Crippen LogP contribution in [0.1, 0.15) is 38.3 Å². The highest BCUT2D eigenvalue weighted by atomic mass is 16.5. The van der Waals surface area contributed by atoms with Gasteiger partial charge in [0.15, 0.2) is 5.78 Å². The summed E-state index contributed by atoms with van der Waals surface area (Å²) in [4.78, 5) is 23.6. The molecule has 5 nitrogen and oxygen atoms in total. The lowest BCUT2D eigenvalue weighted by Crippen LogP contribution is -2.00. The molecular formula is C18H16N2O3. The zero-order valence-corrected chi connectivity index (χ0v) is 13.0. The molecule has 3 rings (SSSR count). The molecule has 0 saturated heterocycles. The molecule has 1 aliphatic rings. The van der Waals surface area contributed by atoms with Gasteiger partial charge in [0.05, 0.1) is 24.0 Å². The van der Waals surface area contributed by atoms with Gasteiger partial charge in [-0.3, -0.25) is 4.79 Å². The van der Waals surface area contributed by atoms with Crippen molar-refractivity contribution in [3.05, 3.63) is 58.7 Å². The van der Waals surface area contributed by atoms with Crippen molar-refractivity contribution in [3.8, 4) is 0 Å². The monoisotopic (exact) mass is 308 g/mol. The van der Waals surface area contributed by atoms with Crippen molar-refractivity contribution in [3.63, 3.8) is 0 Å². The number of nitrogens with zero attached hydrogens (tertiary/aromatic N) is 2. The second kappa shape index (κ2) is 6.12. The third-order valence-corrected chi connectivity index (χ3v) is 3.92. The van der Waals surface area contributed by atoms with E-state index in [0.29, 0.717) is 28.9 Å². The Bertz CT molecular complexity index is 825. The van der Waals surface area contributed by atoms with Gasteiger partial charge in [-0.15, -0.1) is 5.11 Å². The topological polar surface area (TPSA) is 68.1 Å².